The summed E-state index contributed by atoms with van der Waals surface area (Å²) in [4.78, 5) is 20.0. The molecule has 0 aliphatic carbocycles. The molecular weight excluding hydrogens is 432 g/mol. The first-order valence-electron chi connectivity index (χ1n) is 9.92. The fraction of sp³-hybridized carbons (Fsp3) is 0.304. The van der Waals surface area contributed by atoms with Crippen LogP contribution >= 0.6 is 11.3 Å². The Balaban J connectivity index is 1.52. The second-order valence-electron chi connectivity index (χ2n) is 7.36. The first-order chi connectivity index (χ1) is 14.7. The molecule has 1 aromatic heterocycles. The van der Waals surface area contributed by atoms with Crippen molar-refractivity contribution < 1.29 is 17.9 Å². The maximum atomic E-state index is 12.8. The zero-order chi connectivity index (χ0) is 22.4. The monoisotopic (exact) mass is 458 g/mol. The summed E-state index contributed by atoms with van der Waals surface area (Å²) in [5.41, 5.74) is 1.92. The van der Waals surface area contributed by atoms with E-state index in [9.17, 15) is 13.2 Å². The molecular formula is C23H26N2O4S2. The quantitative estimate of drug-likeness (QED) is 0.453. The summed E-state index contributed by atoms with van der Waals surface area (Å²) in [5.74, 6) is 0.453. The normalized spacial score (nSPS) is 11.3. The molecule has 0 radical (unpaired) electrons. The van der Waals surface area contributed by atoms with Crippen LogP contribution in [0.25, 0.3) is 0 Å². The minimum atomic E-state index is -3.27. The summed E-state index contributed by atoms with van der Waals surface area (Å²) in [6, 6.07) is 16.5. The fourth-order valence-corrected chi connectivity index (χ4v) is 4.81. The molecule has 8 heteroatoms. The van der Waals surface area contributed by atoms with Gasteiger partial charge in [-0.1, -0.05) is 36.4 Å². The molecule has 0 saturated carbocycles. The molecule has 0 unspecified atom stereocenters. The van der Waals surface area contributed by atoms with Crippen molar-refractivity contribution in [3.05, 3.63) is 75.7 Å². The van der Waals surface area contributed by atoms with Crippen LogP contribution in [0.4, 0.5) is 0 Å². The summed E-state index contributed by atoms with van der Waals surface area (Å²) < 4.78 is 28.9. The van der Waals surface area contributed by atoms with E-state index in [0.29, 0.717) is 36.6 Å². The van der Waals surface area contributed by atoms with Gasteiger partial charge in [0.1, 0.15) is 10.6 Å². The van der Waals surface area contributed by atoms with Crippen molar-refractivity contribution >= 4 is 27.1 Å². The number of hydrogen-bond donors (Lipinski definition) is 0. The minimum absolute atomic E-state index is 0.0478. The van der Waals surface area contributed by atoms with Crippen LogP contribution in [0, 0.1) is 6.92 Å². The predicted octanol–water partition coefficient (Wildman–Crippen LogP) is 3.99. The van der Waals surface area contributed by atoms with E-state index in [-0.39, 0.29) is 10.8 Å². The first-order valence-corrected chi connectivity index (χ1v) is 12.6. The average Bonchev–Trinajstić information content (AvgIpc) is 3.10. The van der Waals surface area contributed by atoms with E-state index in [1.165, 1.54) is 35.3 Å². The van der Waals surface area contributed by atoms with Gasteiger partial charge in [-0.25, -0.2) is 13.4 Å². The highest BCUT2D eigenvalue weighted by molar-refractivity contribution is 7.90. The first kappa shape index (κ1) is 23.0. The van der Waals surface area contributed by atoms with Crippen molar-refractivity contribution in [3.8, 4) is 5.75 Å². The van der Waals surface area contributed by atoms with Gasteiger partial charge in [0.2, 0.25) is 0 Å². The van der Waals surface area contributed by atoms with Crippen LogP contribution in [0.1, 0.15) is 32.4 Å². The van der Waals surface area contributed by atoms with Gasteiger partial charge in [-0.3, -0.25) is 4.79 Å². The van der Waals surface area contributed by atoms with E-state index >= 15 is 0 Å². The number of benzene rings is 2. The van der Waals surface area contributed by atoms with Crippen molar-refractivity contribution in [2.75, 3.05) is 26.5 Å². The third-order valence-electron chi connectivity index (χ3n) is 4.72. The maximum absolute atomic E-state index is 12.8. The Morgan fingerprint density at radius 3 is 2.58 bits per heavy atom. The molecule has 0 saturated heterocycles. The summed E-state index contributed by atoms with van der Waals surface area (Å²) in [6.07, 6.45) is 2.50. The molecule has 6 nitrogen and oxygen atoms in total. The molecule has 0 aliphatic rings. The Kier molecular flexibility index (Phi) is 7.46. The van der Waals surface area contributed by atoms with Crippen molar-refractivity contribution in [1.82, 2.24) is 9.88 Å². The Bertz CT molecular complexity index is 1140. The third-order valence-corrected chi connectivity index (χ3v) is 6.98. The Labute approximate surface area is 187 Å². The van der Waals surface area contributed by atoms with Crippen LogP contribution in [-0.2, 0) is 16.3 Å². The Hall–Kier alpha value is -2.71. The second kappa shape index (κ2) is 10.1. The number of hydrogen-bond acceptors (Lipinski definition) is 6. The van der Waals surface area contributed by atoms with E-state index in [1.54, 1.807) is 24.1 Å². The van der Waals surface area contributed by atoms with Crippen LogP contribution in [0.5, 0.6) is 5.75 Å². The van der Waals surface area contributed by atoms with Gasteiger partial charge in [-0.2, -0.15) is 0 Å². The molecule has 3 rings (SSSR count). The molecule has 164 valence electrons. The standard InChI is InChI=1S/C23H26N2O4S2/c1-17-22(30-21(24-17)15-18-9-5-4-6-10-18)23(26)25(2)13-8-14-29-19-11-7-12-20(16-19)31(3,27)28/h4-7,9-12,16H,8,13-15H2,1-3H3. The van der Waals surface area contributed by atoms with Gasteiger partial charge in [0.15, 0.2) is 9.84 Å². The van der Waals surface area contributed by atoms with Crippen LogP contribution < -0.4 is 4.74 Å². The number of thiazole rings is 1. The molecule has 0 bridgehead atoms. The third kappa shape index (κ3) is 6.38. The molecule has 0 atom stereocenters. The average molecular weight is 459 g/mol. The minimum Gasteiger partial charge on any atom is -0.493 e. The van der Waals surface area contributed by atoms with E-state index < -0.39 is 9.84 Å². The number of aryl methyl sites for hydroxylation is 1. The molecule has 2 aromatic carbocycles. The zero-order valence-corrected chi connectivity index (χ0v) is 19.5. The van der Waals surface area contributed by atoms with E-state index in [2.05, 4.69) is 17.1 Å². The summed E-state index contributed by atoms with van der Waals surface area (Å²) >= 11 is 1.44. The molecule has 3 aromatic rings. The SMILES string of the molecule is Cc1nc(Cc2ccccc2)sc1C(=O)N(C)CCCOc1cccc(S(C)(=O)=O)c1. The van der Waals surface area contributed by atoms with Gasteiger partial charge >= 0.3 is 0 Å². The van der Waals surface area contributed by atoms with E-state index in [0.717, 1.165) is 10.7 Å². The number of amides is 1. The van der Waals surface area contributed by atoms with Crippen LogP contribution in [-0.4, -0.2) is 50.7 Å². The lowest BCUT2D eigenvalue weighted by Crippen LogP contribution is -2.28. The number of ether oxygens (including phenoxy) is 1. The number of nitrogens with zero attached hydrogens (tertiary/aromatic N) is 2. The highest BCUT2D eigenvalue weighted by Crippen LogP contribution is 2.22. The van der Waals surface area contributed by atoms with Gasteiger partial charge in [-0.15, -0.1) is 11.3 Å². The van der Waals surface area contributed by atoms with Crippen molar-refractivity contribution in [2.45, 2.75) is 24.7 Å². The molecule has 31 heavy (non-hydrogen) atoms. The fourth-order valence-electron chi connectivity index (χ4n) is 3.06. The number of carbonyl (C=O) groups excluding carboxylic acids is 1. The zero-order valence-electron chi connectivity index (χ0n) is 17.9. The summed E-state index contributed by atoms with van der Waals surface area (Å²) in [6.45, 7) is 2.77. The molecule has 0 spiro atoms. The number of aromatic nitrogens is 1. The van der Waals surface area contributed by atoms with Gasteiger partial charge in [-0.05, 0) is 37.1 Å². The second-order valence-corrected chi connectivity index (χ2v) is 10.5. The highest BCUT2D eigenvalue weighted by Gasteiger charge is 2.19. The van der Waals surface area contributed by atoms with Crippen LogP contribution in [0.15, 0.2) is 59.5 Å². The molecule has 1 amide bonds. The van der Waals surface area contributed by atoms with Gasteiger partial charge in [0.25, 0.3) is 5.91 Å². The van der Waals surface area contributed by atoms with Crippen LogP contribution in [0.3, 0.4) is 0 Å². The summed E-state index contributed by atoms with van der Waals surface area (Å²) in [7, 11) is -1.50. The van der Waals surface area contributed by atoms with Gasteiger partial charge in [0.05, 0.1) is 22.2 Å². The van der Waals surface area contributed by atoms with Crippen LogP contribution in [0.2, 0.25) is 0 Å². The number of rotatable bonds is 9. The maximum Gasteiger partial charge on any atom is 0.265 e. The molecule has 0 N–H and O–H groups in total. The number of sulfone groups is 1. The highest BCUT2D eigenvalue weighted by atomic mass is 32.2. The van der Waals surface area contributed by atoms with Gasteiger partial charge < -0.3 is 9.64 Å². The smallest absolute Gasteiger partial charge is 0.265 e. The molecule has 1 heterocycles. The van der Waals surface area contributed by atoms with E-state index in [1.807, 2.05) is 25.1 Å². The van der Waals surface area contributed by atoms with Crippen molar-refractivity contribution in [1.29, 1.82) is 0 Å². The topological polar surface area (TPSA) is 76.6 Å². The summed E-state index contributed by atoms with van der Waals surface area (Å²) in [5, 5.41) is 0.926. The van der Waals surface area contributed by atoms with Gasteiger partial charge in [0, 0.05) is 26.3 Å². The predicted molar refractivity (Wildman–Crippen MR) is 123 cm³/mol. The Morgan fingerprint density at radius 2 is 1.87 bits per heavy atom. The molecule has 0 aliphatic heterocycles. The lowest BCUT2D eigenvalue weighted by molar-refractivity contribution is 0.0791. The Morgan fingerprint density at radius 1 is 1.13 bits per heavy atom. The van der Waals surface area contributed by atoms with E-state index in [4.69, 9.17) is 4.74 Å². The van der Waals surface area contributed by atoms with Crippen molar-refractivity contribution in [3.63, 3.8) is 0 Å². The number of carbonyl (C=O) groups is 1. The lowest BCUT2D eigenvalue weighted by atomic mass is 10.2. The van der Waals surface area contributed by atoms with Crippen molar-refractivity contribution in [2.24, 2.45) is 0 Å². The lowest BCUT2D eigenvalue weighted by Gasteiger charge is -2.16. The largest absolute Gasteiger partial charge is 0.493 e. The molecule has 0 fully saturated rings.